The molecule has 0 unspecified atom stereocenters. The van der Waals surface area contributed by atoms with Crippen LogP contribution in [0.2, 0.25) is 10.0 Å². The van der Waals surface area contributed by atoms with Crippen molar-refractivity contribution in [3.63, 3.8) is 0 Å². The molecule has 0 aliphatic heterocycles. The number of halogens is 2. The van der Waals surface area contributed by atoms with Crippen molar-refractivity contribution in [1.82, 2.24) is 4.98 Å². The Balaban J connectivity index is 2.25. The van der Waals surface area contributed by atoms with Crippen molar-refractivity contribution in [2.24, 2.45) is 0 Å². The lowest BCUT2D eigenvalue weighted by molar-refractivity contribution is 0.898. The summed E-state index contributed by atoms with van der Waals surface area (Å²) in [5.41, 5.74) is 8.13. The van der Waals surface area contributed by atoms with Gasteiger partial charge in [0.25, 0.3) is 0 Å². The van der Waals surface area contributed by atoms with Crippen LogP contribution in [0.4, 0.5) is 11.6 Å². The third-order valence-corrected chi connectivity index (χ3v) is 3.38. The van der Waals surface area contributed by atoms with E-state index in [1.165, 1.54) is 11.1 Å². The van der Waals surface area contributed by atoms with Gasteiger partial charge in [0, 0.05) is 13.6 Å². The first-order valence-electron chi connectivity index (χ1n) is 5.85. The zero-order valence-corrected chi connectivity index (χ0v) is 12.3. The minimum Gasteiger partial charge on any atom is -0.382 e. The Hall–Kier alpha value is -1.45. The van der Waals surface area contributed by atoms with E-state index >= 15 is 0 Å². The van der Waals surface area contributed by atoms with Crippen LogP contribution in [0.3, 0.4) is 0 Å². The first-order valence-corrected chi connectivity index (χ1v) is 6.61. The van der Waals surface area contributed by atoms with E-state index in [0.717, 1.165) is 0 Å². The molecule has 0 aliphatic carbocycles. The van der Waals surface area contributed by atoms with E-state index in [1.54, 1.807) is 6.07 Å². The van der Waals surface area contributed by atoms with Crippen LogP contribution in [-0.4, -0.2) is 12.0 Å². The lowest BCUT2D eigenvalue weighted by atomic mass is 10.1. The molecule has 0 amide bonds. The Kier molecular flexibility index (Phi) is 4.17. The number of rotatable bonds is 3. The van der Waals surface area contributed by atoms with Crippen molar-refractivity contribution in [3.05, 3.63) is 51.5 Å². The van der Waals surface area contributed by atoms with E-state index in [-0.39, 0.29) is 5.82 Å². The average Bonchev–Trinajstić information content (AvgIpc) is 2.33. The topological polar surface area (TPSA) is 42.2 Å². The Labute approximate surface area is 123 Å². The van der Waals surface area contributed by atoms with Gasteiger partial charge >= 0.3 is 0 Å². The molecule has 0 atom stereocenters. The molecule has 1 aromatic heterocycles. The second kappa shape index (κ2) is 5.68. The highest BCUT2D eigenvalue weighted by atomic mass is 35.5. The molecule has 5 heteroatoms. The van der Waals surface area contributed by atoms with Gasteiger partial charge in [0.05, 0.1) is 10.0 Å². The summed E-state index contributed by atoms with van der Waals surface area (Å²) in [4.78, 5) is 6.18. The minimum absolute atomic E-state index is 0.289. The van der Waals surface area contributed by atoms with Gasteiger partial charge < -0.3 is 10.6 Å². The van der Waals surface area contributed by atoms with Crippen molar-refractivity contribution in [3.8, 4) is 0 Å². The molecule has 2 N–H and O–H groups in total. The van der Waals surface area contributed by atoms with Gasteiger partial charge in [-0.15, -0.1) is 0 Å². The molecular formula is C14H15Cl2N3. The second-order valence-electron chi connectivity index (χ2n) is 4.51. The zero-order chi connectivity index (χ0) is 14.0. The van der Waals surface area contributed by atoms with Crippen LogP contribution in [0.15, 0.2) is 30.3 Å². The van der Waals surface area contributed by atoms with Crippen LogP contribution < -0.4 is 10.6 Å². The first-order chi connectivity index (χ1) is 8.97. The molecule has 0 radical (unpaired) electrons. The van der Waals surface area contributed by atoms with Gasteiger partial charge in [-0.3, -0.25) is 0 Å². The first kappa shape index (κ1) is 14.0. The number of nitrogen functional groups attached to an aromatic ring is 1. The number of aryl methyl sites for hydroxylation is 1. The Morgan fingerprint density at radius 2 is 1.95 bits per heavy atom. The summed E-state index contributed by atoms with van der Waals surface area (Å²) in [6, 6.07) is 9.91. The molecule has 0 bridgehead atoms. The molecule has 0 spiro atoms. The second-order valence-corrected chi connectivity index (χ2v) is 5.32. The standard InChI is InChI=1S/C14H15Cl2N3/c1-9-4-3-5-10(6-9)8-19(2)14-12(16)7-11(15)13(17)18-14/h3-7H,8H2,1-2H3,(H2,17,18). The molecule has 0 aliphatic rings. The van der Waals surface area contributed by atoms with E-state index in [0.29, 0.717) is 22.4 Å². The SMILES string of the molecule is Cc1cccc(CN(C)c2nc(N)c(Cl)cc2Cl)c1. The molecule has 2 aromatic rings. The van der Waals surface area contributed by atoms with Crippen molar-refractivity contribution in [2.75, 3.05) is 17.7 Å². The van der Waals surface area contributed by atoms with E-state index < -0.39 is 0 Å². The molecule has 19 heavy (non-hydrogen) atoms. The highest BCUT2D eigenvalue weighted by molar-refractivity contribution is 6.37. The molecule has 1 heterocycles. The molecule has 2 rings (SSSR count). The lowest BCUT2D eigenvalue weighted by Gasteiger charge is -2.20. The van der Waals surface area contributed by atoms with Crippen molar-refractivity contribution >= 4 is 34.8 Å². The van der Waals surface area contributed by atoms with E-state index in [2.05, 4.69) is 30.1 Å². The lowest BCUT2D eigenvalue weighted by Crippen LogP contribution is -2.18. The van der Waals surface area contributed by atoms with Crippen LogP contribution in [0, 0.1) is 6.92 Å². The zero-order valence-electron chi connectivity index (χ0n) is 10.8. The normalized spacial score (nSPS) is 10.5. The largest absolute Gasteiger partial charge is 0.382 e. The van der Waals surface area contributed by atoms with Gasteiger partial charge in [-0.05, 0) is 18.6 Å². The van der Waals surface area contributed by atoms with Crippen molar-refractivity contribution in [2.45, 2.75) is 13.5 Å². The summed E-state index contributed by atoms with van der Waals surface area (Å²) in [6.45, 7) is 2.77. The predicted molar refractivity (Wildman–Crippen MR) is 82.0 cm³/mol. The van der Waals surface area contributed by atoms with Gasteiger partial charge in [0.1, 0.15) is 11.6 Å². The van der Waals surface area contributed by atoms with Gasteiger partial charge in [-0.2, -0.15) is 0 Å². The van der Waals surface area contributed by atoms with Crippen LogP contribution in [0.1, 0.15) is 11.1 Å². The third-order valence-electron chi connectivity index (χ3n) is 2.80. The number of nitrogens with two attached hydrogens (primary N) is 1. The fourth-order valence-electron chi connectivity index (χ4n) is 1.90. The number of aromatic nitrogens is 1. The van der Waals surface area contributed by atoms with Gasteiger partial charge in [-0.1, -0.05) is 53.0 Å². The Bertz CT molecular complexity index is 599. The van der Waals surface area contributed by atoms with Crippen LogP contribution in [0.5, 0.6) is 0 Å². The summed E-state index contributed by atoms with van der Waals surface area (Å²) >= 11 is 12.0. The Morgan fingerprint density at radius 1 is 1.21 bits per heavy atom. The number of pyridine rings is 1. The van der Waals surface area contributed by atoms with E-state index in [9.17, 15) is 0 Å². The average molecular weight is 296 g/mol. The summed E-state index contributed by atoms with van der Waals surface area (Å²) in [7, 11) is 1.92. The number of anilines is 2. The molecule has 0 saturated heterocycles. The smallest absolute Gasteiger partial charge is 0.149 e. The summed E-state index contributed by atoms with van der Waals surface area (Å²) in [5, 5.41) is 0.868. The molecule has 0 saturated carbocycles. The maximum absolute atomic E-state index is 6.15. The van der Waals surface area contributed by atoms with Crippen molar-refractivity contribution in [1.29, 1.82) is 0 Å². The van der Waals surface area contributed by atoms with Crippen LogP contribution in [0.25, 0.3) is 0 Å². The highest BCUT2D eigenvalue weighted by Gasteiger charge is 2.11. The van der Waals surface area contributed by atoms with Gasteiger partial charge in [0.15, 0.2) is 0 Å². The fraction of sp³-hybridized carbons (Fsp3) is 0.214. The minimum atomic E-state index is 0.289. The molecule has 3 nitrogen and oxygen atoms in total. The summed E-state index contributed by atoms with van der Waals surface area (Å²) < 4.78 is 0. The van der Waals surface area contributed by atoms with Crippen molar-refractivity contribution < 1.29 is 0 Å². The van der Waals surface area contributed by atoms with E-state index in [1.807, 2.05) is 18.0 Å². The fourth-order valence-corrected chi connectivity index (χ4v) is 2.40. The Morgan fingerprint density at radius 3 is 2.63 bits per heavy atom. The molecule has 0 fully saturated rings. The predicted octanol–water partition coefficient (Wildman–Crippen LogP) is 3.92. The molecular weight excluding hydrogens is 281 g/mol. The van der Waals surface area contributed by atoms with Crippen LogP contribution >= 0.6 is 23.2 Å². The highest BCUT2D eigenvalue weighted by Crippen LogP contribution is 2.30. The summed E-state index contributed by atoms with van der Waals surface area (Å²) in [5.74, 6) is 0.919. The maximum atomic E-state index is 6.15. The number of hydrogen-bond donors (Lipinski definition) is 1. The van der Waals surface area contributed by atoms with Gasteiger partial charge in [-0.25, -0.2) is 4.98 Å². The maximum Gasteiger partial charge on any atom is 0.149 e. The quantitative estimate of drug-likeness (QED) is 0.933. The van der Waals surface area contributed by atoms with Crippen LogP contribution in [-0.2, 0) is 6.54 Å². The van der Waals surface area contributed by atoms with Gasteiger partial charge in [0.2, 0.25) is 0 Å². The number of benzene rings is 1. The van der Waals surface area contributed by atoms with E-state index in [4.69, 9.17) is 28.9 Å². The number of nitrogens with zero attached hydrogens (tertiary/aromatic N) is 2. The molecule has 1 aromatic carbocycles. The third kappa shape index (κ3) is 3.31. The summed E-state index contributed by atoms with van der Waals surface area (Å²) in [6.07, 6.45) is 0. The monoisotopic (exact) mass is 295 g/mol. The molecule has 100 valence electrons. The number of hydrogen-bond acceptors (Lipinski definition) is 3.